The molecule has 37 heavy (non-hydrogen) atoms. The number of anilines is 1. The lowest BCUT2D eigenvalue weighted by molar-refractivity contribution is -0.120. The number of nitrogens with zero attached hydrogens (tertiary/aromatic N) is 1. The van der Waals surface area contributed by atoms with Crippen LogP contribution in [0.25, 0.3) is 0 Å². The first-order valence-electron chi connectivity index (χ1n) is 11.9. The van der Waals surface area contributed by atoms with Crippen LogP contribution in [0, 0.1) is 20.8 Å². The fourth-order valence-electron chi connectivity index (χ4n) is 4.22. The Balaban J connectivity index is 1.73. The van der Waals surface area contributed by atoms with Crippen LogP contribution in [0.1, 0.15) is 33.9 Å². The number of hydrogen-bond donors (Lipinski definition) is 1. The molecule has 1 amide bonds. The number of amides is 1. The summed E-state index contributed by atoms with van der Waals surface area (Å²) in [6, 6.07) is 28.6. The first-order valence-corrected chi connectivity index (χ1v) is 13.7. The third-order valence-electron chi connectivity index (χ3n) is 6.27. The van der Waals surface area contributed by atoms with E-state index in [1.165, 1.54) is 0 Å². The topological polar surface area (TPSA) is 66.5 Å². The molecule has 0 saturated carbocycles. The predicted octanol–water partition coefficient (Wildman–Crippen LogP) is 6.37. The second-order valence-electron chi connectivity index (χ2n) is 9.02. The van der Waals surface area contributed by atoms with E-state index in [1.54, 1.807) is 49.4 Å². The van der Waals surface area contributed by atoms with Crippen molar-refractivity contribution in [2.45, 2.75) is 31.7 Å². The number of benzene rings is 4. The van der Waals surface area contributed by atoms with Crippen molar-refractivity contribution in [3.63, 3.8) is 0 Å². The van der Waals surface area contributed by atoms with E-state index in [9.17, 15) is 13.2 Å². The average molecular weight is 533 g/mol. The SMILES string of the molecule is Cc1ccc(S(=O)(=O)N(CC(=O)N[C@H](c2ccccc2)c2ccccc2C)c2cc(Cl)ccc2C)cc1. The average Bonchev–Trinajstić information content (AvgIpc) is 2.88. The molecule has 0 heterocycles. The van der Waals surface area contributed by atoms with Gasteiger partial charge in [0.05, 0.1) is 16.6 Å². The Morgan fingerprint density at radius 2 is 1.49 bits per heavy atom. The molecule has 1 N–H and O–H groups in total. The summed E-state index contributed by atoms with van der Waals surface area (Å²) in [5.41, 5.74) is 4.84. The number of hydrogen-bond acceptors (Lipinski definition) is 3. The highest BCUT2D eigenvalue weighted by molar-refractivity contribution is 7.92. The summed E-state index contributed by atoms with van der Waals surface area (Å²) in [5.74, 6) is -0.438. The van der Waals surface area contributed by atoms with Gasteiger partial charge in [0.25, 0.3) is 10.0 Å². The van der Waals surface area contributed by atoms with Gasteiger partial charge >= 0.3 is 0 Å². The summed E-state index contributed by atoms with van der Waals surface area (Å²) >= 11 is 6.25. The Kier molecular flexibility index (Phi) is 8.00. The third kappa shape index (κ3) is 6.04. The van der Waals surface area contributed by atoms with E-state index >= 15 is 0 Å². The number of aryl methyl sites for hydroxylation is 3. The molecular weight excluding hydrogens is 504 g/mol. The van der Waals surface area contributed by atoms with Gasteiger partial charge in [-0.1, -0.05) is 90.0 Å². The summed E-state index contributed by atoms with van der Waals surface area (Å²) in [4.78, 5) is 13.7. The molecule has 0 aliphatic carbocycles. The largest absolute Gasteiger partial charge is 0.344 e. The number of carbonyl (C=O) groups excluding carboxylic acids is 1. The van der Waals surface area contributed by atoms with E-state index in [0.29, 0.717) is 16.3 Å². The molecule has 4 rings (SSSR count). The highest BCUT2D eigenvalue weighted by atomic mass is 35.5. The highest BCUT2D eigenvalue weighted by Gasteiger charge is 2.30. The van der Waals surface area contributed by atoms with Crippen LogP contribution in [0.4, 0.5) is 5.69 Å². The summed E-state index contributed by atoms with van der Waals surface area (Å²) in [7, 11) is -4.06. The van der Waals surface area contributed by atoms with Crippen LogP contribution in [0.2, 0.25) is 5.02 Å². The van der Waals surface area contributed by atoms with Gasteiger partial charge in [0.2, 0.25) is 5.91 Å². The summed E-state index contributed by atoms with van der Waals surface area (Å²) in [6.45, 7) is 5.26. The number of nitrogens with one attached hydrogen (secondary N) is 1. The zero-order valence-corrected chi connectivity index (χ0v) is 22.6. The number of carbonyl (C=O) groups is 1. The fourth-order valence-corrected chi connectivity index (χ4v) is 5.87. The molecule has 1 atom stereocenters. The van der Waals surface area contributed by atoms with Crippen molar-refractivity contribution in [2.75, 3.05) is 10.8 Å². The van der Waals surface area contributed by atoms with Crippen LogP contribution >= 0.6 is 11.6 Å². The van der Waals surface area contributed by atoms with Gasteiger partial charge in [0, 0.05) is 5.02 Å². The van der Waals surface area contributed by atoms with Gasteiger partial charge < -0.3 is 5.32 Å². The molecule has 7 heteroatoms. The van der Waals surface area contributed by atoms with Crippen molar-refractivity contribution >= 4 is 33.2 Å². The molecule has 4 aromatic carbocycles. The lowest BCUT2D eigenvalue weighted by atomic mass is 9.95. The standard InChI is InChI=1S/C30H29ClN2O3S/c1-21-13-17-26(18-14-21)37(35,36)33(28-19-25(31)16-15-23(28)3)20-29(34)32-30(24-10-5-4-6-11-24)27-12-8-7-9-22(27)2/h4-19,30H,20H2,1-3H3,(H,32,34)/t30-/m1/s1. The van der Waals surface area contributed by atoms with E-state index in [1.807, 2.05) is 68.4 Å². The van der Waals surface area contributed by atoms with E-state index in [-0.39, 0.29) is 4.90 Å². The Morgan fingerprint density at radius 1 is 0.838 bits per heavy atom. The van der Waals surface area contributed by atoms with E-state index in [2.05, 4.69) is 5.32 Å². The van der Waals surface area contributed by atoms with Gasteiger partial charge in [0.15, 0.2) is 0 Å². The smallest absolute Gasteiger partial charge is 0.264 e. The minimum Gasteiger partial charge on any atom is -0.344 e. The summed E-state index contributed by atoms with van der Waals surface area (Å²) in [5, 5.41) is 3.46. The van der Waals surface area contributed by atoms with Crippen molar-refractivity contribution < 1.29 is 13.2 Å². The lowest BCUT2D eigenvalue weighted by Gasteiger charge is -2.28. The van der Waals surface area contributed by atoms with Crippen molar-refractivity contribution in [3.05, 3.63) is 130 Å². The Bertz CT molecular complexity index is 1500. The molecule has 190 valence electrons. The van der Waals surface area contributed by atoms with Crippen LogP contribution < -0.4 is 9.62 Å². The van der Waals surface area contributed by atoms with Crippen molar-refractivity contribution in [1.82, 2.24) is 5.32 Å². The molecule has 0 saturated heterocycles. The number of halogens is 1. The zero-order valence-electron chi connectivity index (χ0n) is 21.0. The summed E-state index contributed by atoms with van der Waals surface area (Å²) in [6.07, 6.45) is 0. The number of rotatable bonds is 8. The minimum atomic E-state index is -4.06. The van der Waals surface area contributed by atoms with Gasteiger partial charge in [-0.05, 0) is 67.3 Å². The molecule has 0 fully saturated rings. The maximum Gasteiger partial charge on any atom is 0.264 e. The van der Waals surface area contributed by atoms with E-state index in [4.69, 9.17) is 11.6 Å². The van der Waals surface area contributed by atoms with Gasteiger partial charge in [-0.15, -0.1) is 0 Å². The van der Waals surface area contributed by atoms with Gasteiger partial charge in [-0.3, -0.25) is 9.10 Å². The monoisotopic (exact) mass is 532 g/mol. The molecule has 0 unspecified atom stereocenters. The first-order chi connectivity index (χ1) is 17.7. The van der Waals surface area contributed by atoms with Crippen LogP contribution in [0.5, 0.6) is 0 Å². The molecule has 5 nitrogen and oxygen atoms in total. The highest BCUT2D eigenvalue weighted by Crippen LogP contribution is 2.30. The second kappa shape index (κ2) is 11.2. The number of sulfonamides is 1. The quantitative estimate of drug-likeness (QED) is 0.287. The molecule has 0 aliphatic heterocycles. The van der Waals surface area contributed by atoms with Crippen LogP contribution in [0.3, 0.4) is 0 Å². The minimum absolute atomic E-state index is 0.101. The maximum absolute atomic E-state index is 13.8. The van der Waals surface area contributed by atoms with Crippen molar-refractivity contribution in [3.8, 4) is 0 Å². The Hall–Kier alpha value is -3.61. The molecule has 0 spiro atoms. The van der Waals surface area contributed by atoms with Crippen molar-refractivity contribution in [1.29, 1.82) is 0 Å². The van der Waals surface area contributed by atoms with Crippen LogP contribution in [-0.2, 0) is 14.8 Å². The molecule has 0 aliphatic rings. The fraction of sp³-hybridized carbons (Fsp3) is 0.167. The van der Waals surface area contributed by atoms with E-state index in [0.717, 1.165) is 26.6 Å². The lowest BCUT2D eigenvalue weighted by Crippen LogP contribution is -2.42. The van der Waals surface area contributed by atoms with Gasteiger partial charge in [-0.25, -0.2) is 8.42 Å². The molecule has 0 radical (unpaired) electrons. The third-order valence-corrected chi connectivity index (χ3v) is 8.28. The van der Waals surface area contributed by atoms with Crippen molar-refractivity contribution in [2.24, 2.45) is 0 Å². The Morgan fingerprint density at radius 3 is 2.16 bits per heavy atom. The van der Waals surface area contributed by atoms with Crippen LogP contribution in [0.15, 0.2) is 102 Å². The molecule has 4 aromatic rings. The molecular formula is C30H29ClN2O3S. The molecule has 0 aromatic heterocycles. The zero-order chi connectivity index (χ0) is 26.6. The van der Waals surface area contributed by atoms with Gasteiger partial charge in [-0.2, -0.15) is 0 Å². The maximum atomic E-state index is 13.8. The molecule has 0 bridgehead atoms. The van der Waals surface area contributed by atoms with Gasteiger partial charge in [0.1, 0.15) is 6.54 Å². The Labute approximate surface area is 223 Å². The summed E-state index contributed by atoms with van der Waals surface area (Å²) < 4.78 is 28.8. The van der Waals surface area contributed by atoms with Crippen LogP contribution in [-0.4, -0.2) is 20.9 Å². The van der Waals surface area contributed by atoms with E-state index < -0.39 is 28.5 Å². The second-order valence-corrected chi connectivity index (χ2v) is 11.3. The first kappa shape index (κ1) is 26.5. The predicted molar refractivity (Wildman–Crippen MR) is 150 cm³/mol. The normalized spacial score (nSPS) is 12.1.